The predicted molar refractivity (Wildman–Crippen MR) is 118 cm³/mol. The quantitative estimate of drug-likeness (QED) is 0.669. The summed E-state index contributed by atoms with van der Waals surface area (Å²) < 4.78 is 42.7. The molecule has 1 saturated heterocycles. The van der Waals surface area contributed by atoms with Crippen LogP contribution in [-0.4, -0.2) is 53.0 Å². The zero-order valence-corrected chi connectivity index (χ0v) is 19.1. The second kappa shape index (κ2) is 9.76. The molecule has 31 heavy (non-hydrogen) atoms. The molecule has 2 aromatic carbocycles. The minimum atomic E-state index is -3.62. The molecule has 0 saturated carbocycles. The largest absolute Gasteiger partial charge is 0.497 e. The first-order chi connectivity index (χ1) is 14.8. The number of nitrogens with one attached hydrogen (secondary N) is 1. The van der Waals surface area contributed by atoms with Crippen LogP contribution in [0.15, 0.2) is 41.3 Å². The minimum absolute atomic E-state index is 0.203. The highest BCUT2D eigenvalue weighted by Crippen LogP contribution is 2.36. The Morgan fingerprint density at radius 2 is 1.61 bits per heavy atom. The molecule has 0 aromatic heterocycles. The van der Waals surface area contributed by atoms with Crippen molar-refractivity contribution in [2.45, 2.75) is 17.7 Å². The van der Waals surface area contributed by atoms with Crippen LogP contribution in [-0.2, 0) is 14.8 Å². The van der Waals surface area contributed by atoms with E-state index in [1.54, 1.807) is 24.3 Å². The molecule has 8 nitrogen and oxygen atoms in total. The summed E-state index contributed by atoms with van der Waals surface area (Å²) in [6.07, 6.45) is 0.822. The Balaban J connectivity index is 1.66. The van der Waals surface area contributed by atoms with Crippen molar-refractivity contribution in [3.8, 4) is 17.2 Å². The summed E-state index contributed by atoms with van der Waals surface area (Å²) in [5.41, 5.74) is 0.446. The molecule has 1 heterocycles. The van der Waals surface area contributed by atoms with Crippen LogP contribution in [0.5, 0.6) is 17.2 Å². The van der Waals surface area contributed by atoms with Gasteiger partial charge in [-0.3, -0.25) is 4.79 Å². The number of nitrogens with zero attached hydrogens (tertiary/aromatic N) is 1. The van der Waals surface area contributed by atoms with Gasteiger partial charge in [-0.05, 0) is 37.1 Å². The first-order valence-electron chi connectivity index (χ1n) is 9.66. The highest BCUT2D eigenvalue weighted by molar-refractivity contribution is 7.89. The molecule has 2 aromatic rings. The third-order valence-electron chi connectivity index (χ3n) is 5.25. The molecular formula is C21H25ClN2O6S. The second-order valence-corrected chi connectivity index (χ2v) is 9.38. The number of hydrogen-bond acceptors (Lipinski definition) is 6. The van der Waals surface area contributed by atoms with Crippen molar-refractivity contribution in [3.63, 3.8) is 0 Å². The summed E-state index contributed by atoms with van der Waals surface area (Å²) in [6, 6.07) is 9.43. The third-order valence-corrected chi connectivity index (χ3v) is 7.46. The van der Waals surface area contributed by atoms with Gasteiger partial charge in [-0.15, -0.1) is 0 Å². The van der Waals surface area contributed by atoms with E-state index in [2.05, 4.69) is 5.32 Å². The Hall–Kier alpha value is -2.49. The van der Waals surface area contributed by atoms with Gasteiger partial charge in [0, 0.05) is 31.1 Å². The maximum atomic E-state index is 12.9. The molecule has 1 fully saturated rings. The number of carbonyl (C=O) groups excluding carboxylic acids is 1. The fraction of sp³-hybridized carbons (Fsp3) is 0.381. The number of halogens is 1. The Kier molecular flexibility index (Phi) is 7.30. The van der Waals surface area contributed by atoms with Gasteiger partial charge in [0.05, 0.1) is 36.9 Å². The summed E-state index contributed by atoms with van der Waals surface area (Å²) in [6.45, 7) is 0.515. The van der Waals surface area contributed by atoms with Crippen LogP contribution in [0.1, 0.15) is 12.8 Å². The van der Waals surface area contributed by atoms with Crippen LogP contribution in [0, 0.1) is 5.92 Å². The average Bonchev–Trinajstić information content (AvgIpc) is 2.79. The molecule has 1 N–H and O–H groups in total. The van der Waals surface area contributed by atoms with Gasteiger partial charge in [-0.25, -0.2) is 8.42 Å². The monoisotopic (exact) mass is 468 g/mol. The van der Waals surface area contributed by atoms with Gasteiger partial charge in [0.1, 0.15) is 17.2 Å². The molecule has 0 spiro atoms. The van der Waals surface area contributed by atoms with Gasteiger partial charge >= 0.3 is 0 Å². The van der Waals surface area contributed by atoms with Crippen LogP contribution >= 0.6 is 11.6 Å². The number of methoxy groups -OCH3 is 3. The number of anilines is 1. The summed E-state index contributed by atoms with van der Waals surface area (Å²) in [7, 11) is 0.865. The zero-order valence-electron chi connectivity index (χ0n) is 17.6. The molecule has 1 aliphatic rings. The van der Waals surface area contributed by atoms with Gasteiger partial charge in [0.15, 0.2) is 0 Å². The Morgan fingerprint density at radius 1 is 1.00 bits per heavy atom. The van der Waals surface area contributed by atoms with E-state index >= 15 is 0 Å². The van der Waals surface area contributed by atoms with E-state index in [0.29, 0.717) is 40.8 Å². The lowest BCUT2D eigenvalue weighted by atomic mass is 9.97. The van der Waals surface area contributed by atoms with Gasteiger partial charge < -0.3 is 19.5 Å². The maximum Gasteiger partial charge on any atom is 0.243 e. The summed E-state index contributed by atoms with van der Waals surface area (Å²) in [5, 5.41) is 3.22. The Bertz CT molecular complexity index is 1030. The standard InChI is InChI=1S/C21H25ClN2O6S/c1-28-15-4-6-16(7-5-15)31(26,27)24-10-8-14(9-11-24)21(25)23-18-13-19(29-2)17(22)12-20(18)30-3/h4-7,12-14H,8-11H2,1-3H3,(H,23,25). The molecule has 0 unspecified atom stereocenters. The SMILES string of the molecule is COc1ccc(S(=O)(=O)N2CCC(C(=O)Nc3cc(OC)c(Cl)cc3OC)CC2)cc1. The number of piperidine rings is 1. The van der Waals surface area contributed by atoms with Crippen molar-refractivity contribution in [3.05, 3.63) is 41.4 Å². The van der Waals surface area contributed by atoms with Crippen LogP contribution in [0.3, 0.4) is 0 Å². The van der Waals surface area contributed by atoms with E-state index in [9.17, 15) is 13.2 Å². The van der Waals surface area contributed by atoms with E-state index in [1.807, 2.05) is 0 Å². The molecule has 3 rings (SSSR count). The van der Waals surface area contributed by atoms with Crippen LogP contribution in [0.2, 0.25) is 5.02 Å². The summed E-state index contributed by atoms with van der Waals surface area (Å²) >= 11 is 6.10. The smallest absolute Gasteiger partial charge is 0.243 e. The first kappa shape index (κ1) is 23.2. The molecule has 168 valence electrons. The van der Waals surface area contributed by atoms with Crippen molar-refractivity contribution < 1.29 is 27.4 Å². The summed E-state index contributed by atoms with van der Waals surface area (Å²) in [5.74, 6) is 0.887. The molecule has 0 aliphatic carbocycles. The predicted octanol–water partition coefficient (Wildman–Crippen LogP) is 3.41. The molecular weight excluding hydrogens is 444 g/mol. The number of ether oxygens (including phenoxy) is 3. The van der Waals surface area contributed by atoms with E-state index < -0.39 is 10.0 Å². The van der Waals surface area contributed by atoms with Crippen LogP contribution < -0.4 is 19.5 Å². The molecule has 1 amide bonds. The molecule has 1 aliphatic heterocycles. The van der Waals surface area contributed by atoms with E-state index in [-0.39, 0.29) is 29.8 Å². The van der Waals surface area contributed by atoms with Gasteiger partial charge in [0.2, 0.25) is 15.9 Å². The van der Waals surface area contributed by atoms with E-state index in [4.69, 9.17) is 25.8 Å². The van der Waals surface area contributed by atoms with E-state index in [1.165, 1.54) is 37.8 Å². The Labute approximate surface area is 187 Å². The van der Waals surface area contributed by atoms with Crippen LogP contribution in [0.4, 0.5) is 5.69 Å². The number of amides is 1. The van der Waals surface area contributed by atoms with Crippen molar-refractivity contribution in [2.75, 3.05) is 39.7 Å². The van der Waals surface area contributed by atoms with Crippen molar-refractivity contribution >= 4 is 33.2 Å². The van der Waals surface area contributed by atoms with Crippen molar-refractivity contribution in [1.29, 1.82) is 0 Å². The lowest BCUT2D eigenvalue weighted by Crippen LogP contribution is -2.41. The number of hydrogen-bond donors (Lipinski definition) is 1. The lowest BCUT2D eigenvalue weighted by Gasteiger charge is -2.30. The first-order valence-corrected chi connectivity index (χ1v) is 11.5. The van der Waals surface area contributed by atoms with E-state index in [0.717, 1.165) is 0 Å². The number of sulfonamides is 1. The molecule has 10 heteroatoms. The fourth-order valence-electron chi connectivity index (χ4n) is 3.45. The highest BCUT2D eigenvalue weighted by atomic mass is 35.5. The molecule has 0 bridgehead atoms. The van der Waals surface area contributed by atoms with Gasteiger partial charge in [-0.2, -0.15) is 4.31 Å². The fourth-order valence-corrected chi connectivity index (χ4v) is 5.15. The molecule has 0 radical (unpaired) electrons. The highest BCUT2D eigenvalue weighted by Gasteiger charge is 2.32. The minimum Gasteiger partial charge on any atom is -0.497 e. The Morgan fingerprint density at radius 3 is 2.16 bits per heavy atom. The molecule has 0 atom stereocenters. The topological polar surface area (TPSA) is 94.2 Å². The second-order valence-electron chi connectivity index (χ2n) is 7.03. The van der Waals surface area contributed by atoms with Crippen LogP contribution in [0.25, 0.3) is 0 Å². The van der Waals surface area contributed by atoms with Gasteiger partial charge in [0.25, 0.3) is 0 Å². The maximum absolute atomic E-state index is 12.9. The lowest BCUT2D eigenvalue weighted by molar-refractivity contribution is -0.120. The van der Waals surface area contributed by atoms with Gasteiger partial charge in [-0.1, -0.05) is 11.6 Å². The average molecular weight is 469 g/mol. The normalized spacial score (nSPS) is 15.4. The zero-order chi connectivity index (χ0) is 22.6. The third kappa shape index (κ3) is 5.06. The van der Waals surface area contributed by atoms with Crippen molar-refractivity contribution in [2.24, 2.45) is 5.92 Å². The van der Waals surface area contributed by atoms with Crippen molar-refractivity contribution in [1.82, 2.24) is 4.31 Å². The number of benzene rings is 2. The number of carbonyl (C=O) groups is 1. The number of rotatable bonds is 7. The summed E-state index contributed by atoms with van der Waals surface area (Å²) in [4.78, 5) is 13.0.